The molecule has 1 amide bonds. The van der Waals surface area contributed by atoms with E-state index in [1.807, 2.05) is 0 Å². The molecular formula is C12H25N3O3S. The molecule has 0 aromatic carbocycles. The van der Waals surface area contributed by atoms with Crippen molar-refractivity contribution in [1.29, 1.82) is 0 Å². The van der Waals surface area contributed by atoms with Gasteiger partial charge < -0.3 is 11.1 Å². The molecule has 0 radical (unpaired) electrons. The van der Waals surface area contributed by atoms with E-state index in [9.17, 15) is 13.2 Å². The summed E-state index contributed by atoms with van der Waals surface area (Å²) in [6.07, 6.45) is 3.47. The molecule has 0 aromatic heterocycles. The molecule has 2 unspecified atom stereocenters. The van der Waals surface area contributed by atoms with E-state index in [-0.39, 0.29) is 36.2 Å². The molecule has 2 atom stereocenters. The van der Waals surface area contributed by atoms with Gasteiger partial charge >= 0.3 is 0 Å². The summed E-state index contributed by atoms with van der Waals surface area (Å²) in [4.78, 5) is 11.9. The van der Waals surface area contributed by atoms with E-state index >= 15 is 0 Å². The first-order valence-electron chi connectivity index (χ1n) is 6.83. The van der Waals surface area contributed by atoms with Gasteiger partial charge in [-0.05, 0) is 33.1 Å². The van der Waals surface area contributed by atoms with Crippen LogP contribution >= 0.6 is 0 Å². The molecule has 112 valence electrons. The van der Waals surface area contributed by atoms with E-state index in [1.54, 1.807) is 13.8 Å². The summed E-state index contributed by atoms with van der Waals surface area (Å²) in [5.74, 6) is -0.227. The predicted molar refractivity (Wildman–Crippen MR) is 75.0 cm³/mol. The van der Waals surface area contributed by atoms with Crippen LogP contribution in [0.5, 0.6) is 0 Å². The maximum Gasteiger partial charge on any atom is 0.223 e. The van der Waals surface area contributed by atoms with Gasteiger partial charge in [-0.15, -0.1) is 0 Å². The van der Waals surface area contributed by atoms with Crippen LogP contribution in [0.25, 0.3) is 0 Å². The number of nitrogens with one attached hydrogen (secondary N) is 2. The van der Waals surface area contributed by atoms with Crippen molar-refractivity contribution in [3.63, 3.8) is 0 Å². The van der Waals surface area contributed by atoms with Crippen LogP contribution in [0.4, 0.5) is 0 Å². The van der Waals surface area contributed by atoms with Gasteiger partial charge in [0.05, 0.1) is 5.75 Å². The van der Waals surface area contributed by atoms with Crippen LogP contribution in [0, 0.1) is 5.92 Å². The molecular weight excluding hydrogens is 266 g/mol. The number of hydrogen-bond acceptors (Lipinski definition) is 4. The van der Waals surface area contributed by atoms with Gasteiger partial charge in [-0.2, -0.15) is 0 Å². The lowest BCUT2D eigenvalue weighted by molar-refractivity contribution is -0.125. The van der Waals surface area contributed by atoms with Gasteiger partial charge in [-0.25, -0.2) is 13.1 Å². The summed E-state index contributed by atoms with van der Waals surface area (Å²) in [5.41, 5.74) is 5.83. The molecule has 1 fully saturated rings. The quantitative estimate of drug-likeness (QED) is 0.638. The molecule has 1 saturated carbocycles. The fourth-order valence-corrected chi connectivity index (χ4v) is 3.54. The van der Waals surface area contributed by atoms with E-state index in [2.05, 4.69) is 10.0 Å². The van der Waals surface area contributed by atoms with Crippen molar-refractivity contribution in [1.82, 2.24) is 10.0 Å². The highest BCUT2D eigenvalue weighted by molar-refractivity contribution is 7.89. The van der Waals surface area contributed by atoms with Gasteiger partial charge in [-0.3, -0.25) is 4.79 Å². The zero-order valence-corrected chi connectivity index (χ0v) is 12.5. The standard InChI is InChI=1S/C12H25N3O3S/c1-9(2)15-19(17,18)7-6-14-12(16)10-4-3-5-11(13)8-10/h9-11,15H,3-8,13H2,1-2H3,(H,14,16). The number of amides is 1. The van der Waals surface area contributed by atoms with Crippen molar-refractivity contribution in [2.45, 2.75) is 51.6 Å². The average molecular weight is 291 g/mol. The number of sulfonamides is 1. The summed E-state index contributed by atoms with van der Waals surface area (Å²) in [6.45, 7) is 3.67. The van der Waals surface area contributed by atoms with E-state index in [0.717, 1.165) is 19.3 Å². The Hall–Kier alpha value is -0.660. The smallest absolute Gasteiger partial charge is 0.223 e. The predicted octanol–water partition coefficient (Wildman–Crippen LogP) is -0.0521. The van der Waals surface area contributed by atoms with Crippen LogP contribution < -0.4 is 15.8 Å². The van der Waals surface area contributed by atoms with E-state index in [4.69, 9.17) is 5.73 Å². The largest absolute Gasteiger partial charge is 0.355 e. The van der Waals surface area contributed by atoms with Crippen molar-refractivity contribution in [2.24, 2.45) is 11.7 Å². The second-order valence-corrected chi connectivity index (χ2v) is 7.38. The van der Waals surface area contributed by atoms with Gasteiger partial charge in [0.15, 0.2) is 0 Å². The van der Waals surface area contributed by atoms with Crippen LogP contribution in [0.1, 0.15) is 39.5 Å². The summed E-state index contributed by atoms with van der Waals surface area (Å²) in [7, 11) is -3.31. The lowest BCUT2D eigenvalue weighted by atomic mass is 9.85. The SMILES string of the molecule is CC(C)NS(=O)(=O)CCNC(=O)C1CCCC(N)C1. The third-order valence-corrected chi connectivity index (χ3v) is 4.74. The Balaban J connectivity index is 2.30. The summed E-state index contributed by atoms with van der Waals surface area (Å²) in [6, 6.07) is -0.0344. The third kappa shape index (κ3) is 6.35. The van der Waals surface area contributed by atoms with Gasteiger partial charge in [-0.1, -0.05) is 6.42 Å². The summed E-state index contributed by atoms with van der Waals surface area (Å²) >= 11 is 0. The Morgan fingerprint density at radius 3 is 2.63 bits per heavy atom. The lowest BCUT2D eigenvalue weighted by Gasteiger charge is -2.25. The Morgan fingerprint density at radius 1 is 1.37 bits per heavy atom. The van der Waals surface area contributed by atoms with E-state index in [0.29, 0.717) is 6.42 Å². The first-order chi connectivity index (χ1) is 8.80. The second-order valence-electron chi connectivity index (χ2n) is 5.51. The molecule has 0 saturated heterocycles. The Labute approximate surface area is 115 Å². The molecule has 1 aliphatic rings. The van der Waals surface area contributed by atoms with Gasteiger partial charge in [0.2, 0.25) is 15.9 Å². The van der Waals surface area contributed by atoms with E-state index < -0.39 is 10.0 Å². The molecule has 0 heterocycles. The summed E-state index contributed by atoms with van der Waals surface area (Å²) in [5, 5.41) is 2.69. The minimum absolute atomic E-state index is 0.0653. The van der Waals surface area contributed by atoms with Crippen molar-refractivity contribution in [2.75, 3.05) is 12.3 Å². The molecule has 1 aliphatic carbocycles. The van der Waals surface area contributed by atoms with Crippen molar-refractivity contribution in [3.05, 3.63) is 0 Å². The first kappa shape index (κ1) is 16.4. The molecule has 0 bridgehead atoms. The highest BCUT2D eigenvalue weighted by Crippen LogP contribution is 2.22. The highest BCUT2D eigenvalue weighted by Gasteiger charge is 2.25. The van der Waals surface area contributed by atoms with Gasteiger partial charge in [0.1, 0.15) is 0 Å². The van der Waals surface area contributed by atoms with Crippen LogP contribution in [0.15, 0.2) is 0 Å². The van der Waals surface area contributed by atoms with Crippen molar-refractivity contribution < 1.29 is 13.2 Å². The maximum atomic E-state index is 11.9. The van der Waals surface area contributed by atoms with Crippen LogP contribution in [-0.4, -0.2) is 38.7 Å². The Bertz CT molecular complexity index is 395. The molecule has 0 aliphatic heterocycles. The molecule has 1 rings (SSSR count). The van der Waals surface area contributed by atoms with Crippen molar-refractivity contribution >= 4 is 15.9 Å². The molecule has 6 nitrogen and oxygen atoms in total. The first-order valence-corrected chi connectivity index (χ1v) is 8.48. The zero-order valence-electron chi connectivity index (χ0n) is 11.7. The second kappa shape index (κ2) is 7.21. The molecule has 0 aromatic rings. The van der Waals surface area contributed by atoms with Gasteiger partial charge in [0, 0.05) is 24.5 Å². The number of rotatable bonds is 6. The Morgan fingerprint density at radius 2 is 2.05 bits per heavy atom. The van der Waals surface area contributed by atoms with E-state index in [1.165, 1.54) is 0 Å². The zero-order chi connectivity index (χ0) is 14.5. The third-order valence-electron chi connectivity index (χ3n) is 3.17. The minimum Gasteiger partial charge on any atom is -0.355 e. The fraction of sp³-hybridized carbons (Fsp3) is 0.917. The number of carbonyl (C=O) groups excluding carboxylic acids is 1. The molecule has 19 heavy (non-hydrogen) atoms. The fourth-order valence-electron chi connectivity index (χ4n) is 2.34. The topological polar surface area (TPSA) is 101 Å². The highest BCUT2D eigenvalue weighted by atomic mass is 32.2. The molecule has 0 spiro atoms. The van der Waals surface area contributed by atoms with Crippen molar-refractivity contribution in [3.8, 4) is 0 Å². The monoisotopic (exact) mass is 291 g/mol. The lowest BCUT2D eigenvalue weighted by Crippen LogP contribution is -2.41. The maximum absolute atomic E-state index is 11.9. The number of carbonyl (C=O) groups is 1. The van der Waals surface area contributed by atoms with Gasteiger partial charge in [0.25, 0.3) is 0 Å². The normalized spacial score (nSPS) is 24.4. The number of nitrogens with two attached hydrogens (primary N) is 1. The number of hydrogen-bond donors (Lipinski definition) is 3. The molecule has 7 heteroatoms. The Kier molecular flexibility index (Phi) is 6.22. The minimum atomic E-state index is -3.31. The van der Waals surface area contributed by atoms with Crippen LogP contribution in [-0.2, 0) is 14.8 Å². The van der Waals surface area contributed by atoms with Crippen LogP contribution in [0.3, 0.4) is 0 Å². The molecule has 4 N–H and O–H groups in total. The average Bonchev–Trinajstić information content (AvgIpc) is 2.26. The van der Waals surface area contributed by atoms with Crippen LogP contribution in [0.2, 0.25) is 0 Å². The summed E-state index contributed by atoms with van der Waals surface area (Å²) < 4.78 is 25.6.